The highest BCUT2D eigenvalue weighted by Crippen LogP contribution is 2.11. The number of hydrogen-bond acceptors (Lipinski definition) is 2. The Balaban J connectivity index is 0.000000461. The third kappa shape index (κ3) is 1.97. The SMILES string of the molecule is CC.Cc1nn(C)c(N)c1C. The molecule has 0 aromatic carbocycles. The van der Waals surface area contributed by atoms with E-state index in [0.29, 0.717) is 0 Å². The highest BCUT2D eigenvalue weighted by Gasteiger charge is 2.02. The van der Waals surface area contributed by atoms with Gasteiger partial charge in [-0.25, -0.2) is 0 Å². The fourth-order valence-electron chi connectivity index (χ4n) is 0.782. The second-order valence-corrected chi connectivity index (χ2v) is 2.22. The van der Waals surface area contributed by atoms with Gasteiger partial charge in [0.1, 0.15) is 5.82 Å². The van der Waals surface area contributed by atoms with E-state index >= 15 is 0 Å². The van der Waals surface area contributed by atoms with Gasteiger partial charge in [-0.15, -0.1) is 0 Å². The van der Waals surface area contributed by atoms with Crippen molar-refractivity contribution in [3.8, 4) is 0 Å². The number of anilines is 1. The summed E-state index contributed by atoms with van der Waals surface area (Å²) in [6, 6.07) is 0. The summed E-state index contributed by atoms with van der Waals surface area (Å²) in [4.78, 5) is 0. The first-order valence-electron chi connectivity index (χ1n) is 3.88. The van der Waals surface area contributed by atoms with Crippen molar-refractivity contribution in [2.45, 2.75) is 27.7 Å². The van der Waals surface area contributed by atoms with Crippen LogP contribution >= 0.6 is 0 Å². The van der Waals surface area contributed by atoms with Gasteiger partial charge in [0.2, 0.25) is 0 Å². The Morgan fingerprint density at radius 2 is 1.73 bits per heavy atom. The molecule has 0 aliphatic heterocycles. The van der Waals surface area contributed by atoms with Crippen molar-refractivity contribution in [1.29, 1.82) is 0 Å². The summed E-state index contributed by atoms with van der Waals surface area (Å²) >= 11 is 0. The predicted molar refractivity (Wildman–Crippen MR) is 48.4 cm³/mol. The third-order valence-corrected chi connectivity index (χ3v) is 1.58. The first-order chi connectivity index (χ1) is 5.13. The van der Waals surface area contributed by atoms with E-state index in [1.807, 2.05) is 34.7 Å². The van der Waals surface area contributed by atoms with Gasteiger partial charge in [0.25, 0.3) is 0 Å². The number of nitrogen functional groups attached to an aromatic ring is 1. The topological polar surface area (TPSA) is 43.8 Å². The Morgan fingerprint density at radius 3 is 1.82 bits per heavy atom. The van der Waals surface area contributed by atoms with Crippen molar-refractivity contribution in [1.82, 2.24) is 9.78 Å². The standard InChI is InChI=1S/C6H11N3.C2H6/c1-4-5(2)8-9(3)6(4)7;1-2/h7H2,1-3H3;1-2H3. The Bertz CT molecular complexity index is 203. The smallest absolute Gasteiger partial charge is 0.124 e. The minimum atomic E-state index is 0.757. The number of hydrogen-bond donors (Lipinski definition) is 1. The van der Waals surface area contributed by atoms with Crippen molar-refractivity contribution < 1.29 is 0 Å². The molecule has 0 saturated heterocycles. The van der Waals surface area contributed by atoms with Gasteiger partial charge in [0, 0.05) is 12.6 Å². The number of nitrogens with two attached hydrogens (primary N) is 1. The zero-order valence-corrected chi connectivity index (χ0v) is 7.97. The van der Waals surface area contributed by atoms with Crippen LogP contribution in [0.4, 0.5) is 5.82 Å². The Hall–Kier alpha value is -0.990. The molecule has 3 nitrogen and oxygen atoms in total. The predicted octanol–water partition coefficient (Wildman–Crippen LogP) is 1.65. The van der Waals surface area contributed by atoms with Crippen molar-refractivity contribution >= 4 is 5.82 Å². The molecule has 11 heavy (non-hydrogen) atoms. The lowest BCUT2D eigenvalue weighted by Gasteiger charge is -1.91. The van der Waals surface area contributed by atoms with Gasteiger partial charge in [0.05, 0.1) is 5.69 Å². The highest BCUT2D eigenvalue weighted by atomic mass is 15.3. The van der Waals surface area contributed by atoms with Crippen molar-refractivity contribution in [3.05, 3.63) is 11.3 Å². The van der Waals surface area contributed by atoms with E-state index in [1.165, 1.54) is 0 Å². The van der Waals surface area contributed by atoms with E-state index < -0.39 is 0 Å². The fourth-order valence-corrected chi connectivity index (χ4v) is 0.782. The lowest BCUT2D eigenvalue weighted by molar-refractivity contribution is 0.767. The zero-order chi connectivity index (χ0) is 9.02. The van der Waals surface area contributed by atoms with E-state index in [1.54, 1.807) is 4.68 Å². The number of rotatable bonds is 0. The third-order valence-electron chi connectivity index (χ3n) is 1.58. The summed E-state index contributed by atoms with van der Waals surface area (Å²) in [6.45, 7) is 7.92. The maximum Gasteiger partial charge on any atom is 0.124 e. The van der Waals surface area contributed by atoms with Gasteiger partial charge in [-0.1, -0.05) is 13.8 Å². The summed E-state index contributed by atoms with van der Waals surface area (Å²) in [7, 11) is 1.84. The maximum absolute atomic E-state index is 5.60. The minimum Gasteiger partial charge on any atom is -0.384 e. The molecule has 64 valence electrons. The van der Waals surface area contributed by atoms with Gasteiger partial charge in [-0.05, 0) is 13.8 Å². The normalized spacial score (nSPS) is 8.82. The monoisotopic (exact) mass is 155 g/mol. The van der Waals surface area contributed by atoms with Crippen LogP contribution in [0.25, 0.3) is 0 Å². The molecule has 2 N–H and O–H groups in total. The first-order valence-corrected chi connectivity index (χ1v) is 3.88. The van der Waals surface area contributed by atoms with Crippen LogP contribution in [-0.2, 0) is 7.05 Å². The van der Waals surface area contributed by atoms with Crippen LogP contribution in [-0.4, -0.2) is 9.78 Å². The number of nitrogens with zero attached hydrogens (tertiary/aromatic N) is 2. The van der Waals surface area contributed by atoms with Crippen LogP contribution in [0.3, 0.4) is 0 Å². The molecule has 0 fully saturated rings. The molecule has 1 rings (SSSR count). The summed E-state index contributed by atoms with van der Waals surface area (Å²) in [5, 5.41) is 4.10. The van der Waals surface area contributed by atoms with Gasteiger partial charge >= 0.3 is 0 Å². The largest absolute Gasteiger partial charge is 0.384 e. The molecule has 0 atom stereocenters. The second kappa shape index (κ2) is 4.01. The summed E-state index contributed by atoms with van der Waals surface area (Å²) in [5.74, 6) is 0.757. The zero-order valence-electron chi connectivity index (χ0n) is 7.97. The van der Waals surface area contributed by atoms with Gasteiger partial charge in [0.15, 0.2) is 0 Å². The minimum absolute atomic E-state index is 0.757. The van der Waals surface area contributed by atoms with E-state index in [-0.39, 0.29) is 0 Å². The molecular formula is C8H17N3. The number of aromatic nitrogens is 2. The van der Waals surface area contributed by atoms with E-state index in [4.69, 9.17) is 5.73 Å². The molecule has 1 heterocycles. The molecule has 0 radical (unpaired) electrons. The quantitative estimate of drug-likeness (QED) is 0.619. The van der Waals surface area contributed by atoms with E-state index in [9.17, 15) is 0 Å². The Morgan fingerprint density at radius 1 is 1.27 bits per heavy atom. The molecule has 3 heteroatoms. The van der Waals surface area contributed by atoms with Crippen molar-refractivity contribution in [2.75, 3.05) is 5.73 Å². The average molecular weight is 155 g/mol. The van der Waals surface area contributed by atoms with E-state index in [2.05, 4.69) is 5.10 Å². The number of aryl methyl sites for hydroxylation is 2. The molecule has 0 aliphatic rings. The Kier molecular flexibility index (Phi) is 3.65. The molecule has 1 aromatic heterocycles. The molecule has 0 amide bonds. The van der Waals surface area contributed by atoms with Gasteiger partial charge in [-0.2, -0.15) is 5.10 Å². The lowest BCUT2D eigenvalue weighted by Crippen LogP contribution is -1.97. The molecule has 0 aliphatic carbocycles. The lowest BCUT2D eigenvalue weighted by atomic mass is 10.3. The summed E-state index contributed by atoms with van der Waals surface area (Å²) < 4.78 is 1.69. The molecular weight excluding hydrogens is 138 g/mol. The first kappa shape index (κ1) is 10.0. The molecule has 0 saturated carbocycles. The van der Waals surface area contributed by atoms with Crippen LogP contribution in [0.2, 0.25) is 0 Å². The van der Waals surface area contributed by atoms with Crippen LogP contribution in [0.1, 0.15) is 25.1 Å². The highest BCUT2D eigenvalue weighted by molar-refractivity contribution is 5.41. The molecule has 0 unspecified atom stereocenters. The molecule has 0 spiro atoms. The Labute approximate surface area is 68.2 Å². The van der Waals surface area contributed by atoms with Crippen LogP contribution in [0, 0.1) is 13.8 Å². The van der Waals surface area contributed by atoms with Gasteiger partial charge < -0.3 is 5.73 Å². The van der Waals surface area contributed by atoms with E-state index in [0.717, 1.165) is 17.1 Å². The fraction of sp³-hybridized carbons (Fsp3) is 0.625. The van der Waals surface area contributed by atoms with Crippen LogP contribution in [0.5, 0.6) is 0 Å². The summed E-state index contributed by atoms with van der Waals surface area (Å²) in [5.41, 5.74) is 7.69. The average Bonchev–Trinajstić information content (AvgIpc) is 2.22. The second-order valence-electron chi connectivity index (χ2n) is 2.22. The van der Waals surface area contributed by atoms with Gasteiger partial charge in [-0.3, -0.25) is 4.68 Å². The molecule has 1 aromatic rings. The van der Waals surface area contributed by atoms with Crippen LogP contribution < -0.4 is 5.73 Å². The maximum atomic E-state index is 5.60. The molecule has 0 bridgehead atoms. The van der Waals surface area contributed by atoms with Crippen LogP contribution in [0.15, 0.2) is 0 Å². The van der Waals surface area contributed by atoms with Crippen molar-refractivity contribution in [2.24, 2.45) is 7.05 Å². The van der Waals surface area contributed by atoms with Crippen molar-refractivity contribution in [3.63, 3.8) is 0 Å². The summed E-state index contributed by atoms with van der Waals surface area (Å²) in [6.07, 6.45) is 0.